The summed E-state index contributed by atoms with van der Waals surface area (Å²) < 4.78 is 0. The first-order chi connectivity index (χ1) is 16.9. The van der Waals surface area contributed by atoms with Crippen LogP contribution in [0.25, 0.3) is 10.8 Å². The molecule has 0 aromatic heterocycles. The molecule has 1 atom stereocenters. The minimum absolute atomic E-state index is 0.0499. The third-order valence-corrected chi connectivity index (χ3v) is 5.92. The number of primary amides is 1. The van der Waals surface area contributed by atoms with Gasteiger partial charge in [0.15, 0.2) is 0 Å². The standard InChI is InChI=1S/C25H27N5O3.C2H6/c1-16-11-12-17-7-3-4-8-18(17)19(16)14-29-21-9-5-6-10-22(21)30(25(26)33)15-20(24(29)32)28-23(31)13-27-2;1-2/h3-12,20,27H,13-15H2,1-2H3,(H2,26,33)(H,28,31);1-2H3. The number of anilines is 2. The molecular weight excluding hydrogens is 442 g/mol. The summed E-state index contributed by atoms with van der Waals surface area (Å²) in [5.74, 6) is -0.643. The average molecular weight is 476 g/mol. The van der Waals surface area contributed by atoms with Crippen molar-refractivity contribution >= 4 is 40.0 Å². The number of nitrogens with two attached hydrogens (primary N) is 1. The first kappa shape index (κ1) is 25.7. The number of rotatable bonds is 5. The van der Waals surface area contributed by atoms with Crippen LogP contribution in [0.2, 0.25) is 0 Å². The maximum atomic E-state index is 13.8. The zero-order chi connectivity index (χ0) is 25.5. The Hall–Kier alpha value is -3.91. The molecule has 8 heteroatoms. The van der Waals surface area contributed by atoms with Gasteiger partial charge in [-0.15, -0.1) is 0 Å². The number of fused-ring (bicyclic) bond motifs is 2. The molecule has 1 heterocycles. The summed E-state index contributed by atoms with van der Waals surface area (Å²) in [5.41, 5.74) is 8.83. The Labute approximate surface area is 206 Å². The highest BCUT2D eigenvalue weighted by atomic mass is 16.2. The van der Waals surface area contributed by atoms with E-state index in [0.29, 0.717) is 11.4 Å². The average Bonchev–Trinajstić information content (AvgIpc) is 2.97. The summed E-state index contributed by atoms with van der Waals surface area (Å²) in [5, 5.41) is 7.66. The normalized spacial score (nSPS) is 15.1. The lowest BCUT2D eigenvalue weighted by Gasteiger charge is -2.27. The molecule has 4 rings (SSSR count). The minimum Gasteiger partial charge on any atom is -0.351 e. The molecule has 0 saturated heterocycles. The number of nitrogens with zero attached hydrogens (tertiary/aromatic N) is 2. The van der Waals surface area contributed by atoms with Gasteiger partial charge in [-0.25, -0.2) is 4.79 Å². The number of carbonyl (C=O) groups is 3. The molecule has 8 nitrogen and oxygen atoms in total. The molecule has 184 valence electrons. The van der Waals surface area contributed by atoms with Crippen LogP contribution in [-0.4, -0.2) is 44.0 Å². The van der Waals surface area contributed by atoms with Crippen LogP contribution in [0.5, 0.6) is 0 Å². The molecule has 0 aliphatic carbocycles. The van der Waals surface area contributed by atoms with E-state index < -0.39 is 12.1 Å². The molecule has 3 aromatic rings. The number of urea groups is 1. The highest BCUT2D eigenvalue weighted by Crippen LogP contribution is 2.35. The van der Waals surface area contributed by atoms with E-state index in [9.17, 15) is 14.4 Å². The molecule has 1 aliphatic rings. The topological polar surface area (TPSA) is 108 Å². The van der Waals surface area contributed by atoms with Crippen molar-refractivity contribution in [2.45, 2.75) is 33.4 Å². The van der Waals surface area contributed by atoms with E-state index in [1.54, 1.807) is 30.1 Å². The van der Waals surface area contributed by atoms with Crippen LogP contribution in [0.1, 0.15) is 25.0 Å². The van der Waals surface area contributed by atoms with Crippen LogP contribution in [0.15, 0.2) is 60.7 Å². The van der Waals surface area contributed by atoms with Crippen LogP contribution in [-0.2, 0) is 16.1 Å². The lowest BCUT2D eigenvalue weighted by molar-refractivity contribution is -0.126. The second-order valence-electron chi connectivity index (χ2n) is 8.09. The third-order valence-electron chi connectivity index (χ3n) is 5.92. The predicted octanol–water partition coefficient (Wildman–Crippen LogP) is 3.31. The van der Waals surface area contributed by atoms with E-state index >= 15 is 0 Å². The van der Waals surface area contributed by atoms with Crippen molar-refractivity contribution < 1.29 is 14.4 Å². The van der Waals surface area contributed by atoms with Crippen molar-refractivity contribution in [2.75, 3.05) is 29.9 Å². The van der Waals surface area contributed by atoms with Crippen LogP contribution in [0.4, 0.5) is 16.2 Å². The number of amides is 4. The van der Waals surface area contributed by atoms with Crippen molar-refractivity contribution in [1.29, 1.82) is 0 Å². The van der Waals surface area contributed by atoms with E-state index in [1.807, 2.05) is 57.2 Å². The molecule has 4 N–H and O–H groups in total. The second-order valence-corrected chi connectivity index (χ2v) is 8.09. The fourth-order valence-electron chi connectivity index (χ4n) is 4.28. The van der Waals surface area contributed by atoms with E-state index in [4.69, 9.17) is 5.73 Å². The SMILES string of the molecule is CC.CNCC(=O)NC1CN(C(N)=O)c2ccccc2N(Cc2c(C)ccc3ccccc23)C1=O. The molecule has 0 fully saturated rings. The summed E-state index contributed by atoms with van der Waals surface area (Å²) in [6, 6.07) is 17.6. The highest BCUT2D eigenvalue weighted by molar-refractivity contribution is 6.07. The van der Waals surface area contributed by atoms with Gasteiger partial charge in [0.2, 0.25) is 5.91 Å². The Morgan fingerprint density at radius 2 is 1.66 bits per heavy atom. The molecule has 1 unspecified atom stereocenters. The van der Waals surface area contributed by atoms with Gasteiger partial charge in [-0.3, -0.25) is 14.5 Å². The Kier molecular flexibility index (Phi) is 8.43. The Balaban J connectivity index is 0.00000167. The van der Waals surface area contributed by atoms with Gasteiger partial charge in [0.1, 0.15) is 6.04 Å². The van der Waals surface area contributed by atoms with Crippen LogP contribution < -0.4 is 26.2 Å². The zero-order valence-electron chi connectivity index (χ0n) is 20.7. The monoisotopic (exact) mass is 475 g/mol. The maximum absolute atomic E-state index is 13.8. The van der Waals surface area contributed by atoms with Gasteiger partial charge in [0.25, 0.3) is 5.91 Å². The molecule has 3 aromatic carbocycles. The zero-order valence-corrected chi connectivity index (χ0v) is 20.7. The summed E-state index contributed by atoms with van der Waals surface area (Å²) in [6.45, 7) is 6.30. The number of likely N-dealkylation sites (N-methyl/N-ethyl adjacent to an activating group) is 1. The minimum atomic E-state index is -0.943. The summed E-state index contributed by atoms with van der Waals surface area (Å²) in [6.07, 6.45) is 0. The number of para-hydroxylation sites is 2. The van der Waals surface area contributed by atoms with Gasteiger partial charge in [-0.05, 0) is 48.0 Å². The number of carbonyl (C=O) groups excluding carboxylic acids is 3. The van der Waals surface area contributed by atoms with E-state index in [-0.39, 0.29) is 31.4 Å². The largest absolute Gasteiger partial charge is 0.351 e. The van der Waals surface area contributed by atoms with Gasteiger partial charge in [-0.1, -0.05) is 62.4 Å². The highest BCUT2D eigenvalue weighted by Gasteiger charge is 2.36. The maximum Gasteiger partial charge on any atom is 0.319 e. The van der Waals surface area contributed by atoms with Gasteiger partial charge >= 0.3 is 6.03 Å². The molecule has 0 spiro atoms. The van der Waals surface area contributed by atoms with E-state index in [0.717, 1.165) is 21.9 Å². The third kappa shape index (κ3) is 5.44. The molecule has 1 aliphatic heterocycles. The summed E-state index contributed by atoms with van der Waals surface area (Å²) in [7, 11) is 1.65. The molecule has 0 saturated carbocycles. The number of hydrogen-bond acceptors (Lipinski definition) is 4. The van der Waals surface area contributed by atoms with Gasteiger partial charge in [0, 0.05) is 0 Å². The molecular formula is C27H33N5O3. The first-order valence-corrected chi connectivity index (χ1v) is 11.8. The Morgan fingerprint density at radius 3 is 2.34 bits per heavy atom. The molecule has 0 bridgehead atoms. The van der Waals surface area contributed by atoms with Gasteiger partial charge in [0.05, 0.1) is 31.0 Å². The lowest BCUT2D eigenvalue weighted by atomic mass is 9.99. The molecule has 4 amide bonds. The van der Waals surface area contributed by atoms with Crippen LogP contribution >= 0.6 is 0 Å². The van der Waals surface area contributed by atoms with Gasteiger partial charge in [-0.2, -0.15) is 0 Å². The second kappa shape index (κ2) is 11.5. The van der Waals surface area contributed by atoms with Gasteiger partial charge < -0.3 is 21.3 Å². The van der Waals surface area contributed by atoms with Crippen LogP contribution in [0, 0.1) is 6.92 Å². The van der Waals surface area contributed by atoms with Crippen molar-refractivity contribution in [2.24, 2.45) is 5.73 Å². The number of benzene rings is 3. The van der Waals surface area contributed by atoms with E-state index in [2.05, 4.69) is 16.7 Å². The quantitative estimate of drug-likeness (QED) is 0.526. The fraction of sp³-hybridized carbons (Fsp3) is 0.296. The Bertz CT molecular complexity index is 1230. The number of nitrogens with one attached hydrogen (secondary N) is 2. The Morgan fingerprint density at radius 1 is 1.00 bits per heavy atom. The fourth-order valence-corrected chi connectivity index (χ4v) is 4.28. The summed E-state index contributed by atoms with van der Waals surface area (Å²) >= 11 is 0. The van der Waals surface area contributed by atoms with Crippen molar-refractivity contribution in [1.82, 2.24) is 10.6 Å². The van der Waals surface area contributed by atoms with Crippen LogP contribution in [0.3, 0.4) is 0 Å². The lowest BCUT2D eigenvalue weighted by Crippen LogP contribution is -2.54. The van der Waals surface area contributed by atoms with Crippen molar-refractivity contribution in [3.8, 4) is 0 Å². The number of hydrogen-bond donors (Lipinski definition) is 3. The first-order valence-electron chi connectivity index (χ1n) is 11.8. The van der Waals surface area contributed by atoms with Crippen molar-refractivity contribution in [3.05, 3.63) is 71.8 Å². The predicted molar refractivity (Wildman–Crippen MR) is 140 cm³/mol. The molecule has 0 radical (unpaired) electrons. The van der Waals surface area contributed by atoms with Crippen molar-refractivity contribution in [3.63, 3.8) is 0 Å². The summed E-state index contributed by atoms with van der Waals surface area (Å²) in [4.78, 5) is 41.4. The molecule has 35 heavy (non-hydrogen) atoms. The van der Waals surface area contributed by atoms with E-state index in [1.165, 1.54) is 4.90 Å². The number of aryl methyl sites for hydroxylation is 1. The smallest absolute Gasteiger partial charge is 0.319 e.